The largest absolute Gasteiger partial charge is 0.508 e. The number of hydrogen-bond donors (Lipinski definition) is 3. The van der Waals surface area contributed by atoms with E-state index in [1.807, 2.05) is 6.92 Å². The topological polar surface area (TPSA) is 99.0 Å². The highest BCUT2D eigenvalue weighted by molar-refractivity contribution is 7.89. The lowest BCUT2D eigenvalue weighted by atomic mass is 10.1. The van der Waals surface area contributed by atoms with Gasteiger partial charge in [0.05, 0.1) is 10.6 Å². The summed E-state index contributed by atoms with van der Waals surface area (Å²) >= 11 is 0. The van der Waals surface area contributed by atoms with Crippen LogP contribution in [0.15, 0.2) is 46.4 Å². The van der Waals surface area contributed by atoms with E-state index in [1.165, 1.54) is 31.2 Å². The van der Waals surface area contributed by atoms with Crippen LogP contribution in [0.4, 0.5) is 0 Å². The van der Waals surface area contributed by atoms with E-state index in [9.17, 15) is 18.6 Å². The molecule has 0 atom stereocenters. The minimum atomic E-state index is -3.79. The number of aryl methyl sites for hydroxylation is 2. The second-order valence-corrected chi connectivity index (χ2v) is 6.92. The molecule has 23 heavy (non-hydrogen) atoms. The number of phenolic OH excluding ortho intramolecular Hbond substituents is 2. The SMILES string of the molecule is CC(=NNS(=O)(=O)c1ccc(C)cc1)c1cc(O)c(C)cc1O. The number of nitrogens with one attached hydrogen (secondary N) is 1. The molecule has 0 amide bonds. The van der Waals surface area contributed by atoms with Crippen molar-refractivity contribution >= 4 is 15.7 Å². The van der Waals surface area contributed by atoms with Crippen molar-refractivity contribution in [3.63, 3.8) is 0 Å². The van der Waals surface area contributed by atoms with E-state index in [2.05, 4.69) is 9.93 Å². The van der Waals surface area contributed by atoms with Gasteiger partial charge in [-0.3, -0.25) is 0 Å². The van der Waals surface area contributed by atoms with Crippen molar-refractivity contribution in [3.8, 4) is 11.5 Å². The van der Waals surface area contributed by atoms with Gasteiger partial charge in [-0.2, -0.15) is 18.4 Å². The van der Waals surface area contributed by atoms with Crippen LogP contribution in [0, 0.1) is 13.8 Å². The lowest BCUT2D eigenvalue weighted by molar-refractivity contribution is 0.455. The Morgan fingerprint density at radius 1 is 1.04 bits per heavy atom. The number of phenols is 2. The van der Waals surface area contributed by atoms with E-state index in [0.29, 0.717) is 5.56 Å². The average Bonchev–Trinajstić information content (AvgIpc) is 2.49. The molecule has 3 N–H and O–H groups in total. The molecule has 2 aromatic rings. The zero-order valence-electron chi connectivity index (χ0n) is 13.0. The molecule has 0 spiro atoms. The molecular formula is C16H18N2O4S. The monoisotopic (exact) mass is 334 g/mol. The number of nitrogens with zero attached hydrogens (tertiary/aromatic N) is 1. The molecule has 2 aromatic carbocycles. The van der Waals surface area contributed by atoms with Gasteiger partial charge in [0.25, 0.3) is 10.0 Å². The fourth-order valence-electron chi connectivity index (χ4n) is 1.93. The Kier molecular flexibility index (Phi) is 4.60. The molecule has 122 valence electrons. The first-order valence-corrected chi connectivity index (χ1v) is 8.35. The number of benzene rings is 2. The van der Waals surface area contributed by atoms with Gasteiger partial charge in [0.15, 0.2) is 0 Å². The number of sulfonamides is 1. The quantitative estimate of drug-likeness (QED) is 0.454. The van der Waals surface area contributed by atoms with Crippen LogP contribution in [0.1, 0.15) is 23.6 Å². The van der Waals surface area contributed by atoms with E-state index in [-0.39, 0.29) is 27.7 Å². The third-order valence-electron chi connectivity index (χ3n) is 3.37. The maximum atomic E-state index is 12.2. The van der Waals surface area contributed by atoms with Crippen LogP contribution in [-0.2, 0) is 10.0 Å². The van der Waals surface area contributed by atoms with Gasteiger partial charge in [-0.1, -0.05) is 17.7 Å². The minimum Gasteiger partial charge on any atom is -0.508 e. The molecule has 0 saturated heterocycles. The van der Waals surface area contributed by atoms with Crippen LogP contribution >= 0.6 is 0 Å². The summed E-state index contributed by atoms with van der Waals surface area (Å²) < 4.78 is 24.3. The Morgan fingerprint density at radius 3 is 2.26 bits per heavy atom. The van der Waals surface area contributed by atoms with Crippen molar-refractivity contribution in [2.45, 2.75) is 25.7 Å². The molecule has 0 aliphatic heterocycles. The van der Waals surface area contributed by atoms with Crippen molar-refractivity contribution in [2.24, 2.45) is 5.10 Å². The molecule has 0 saturated carbocycles. The van der Waals surface area contributed by atoms with Gasteiger partial charge >= 0.3 is 0 Å². The molecule has 0 aromatic heterocycles. The van der Waals surface area contributed by atoms with Crippen LogP contribution in [0.2, 0.25) is 0 Å². The second kappa shape index (κ2) is 6.29. The summed E-state index contributed by atoms with van der Waals surface area (Å²) in [7, 11) is -3.79. The predicted octanol–water partition coefficient (Wildman–Crippen LogP) is 2.42. The van der Waals surface area contributed by atoms with Crippen LogP contribution in [0.5, 0.6) is 11.5 Å². The first-order chi connectivity index (χ1) is 10.7. The fraction of sp³-hybridized carbons (Fsp3) is 0.188. The lowest BCUT2D eigenvalue weighted by Crippen LogP contribution is -2.20. The first-order valence-electron chi connectivity index (χ1n) is 6.86. The normalized spacial score (nSPS) is 12.2. The van der Waals surface area contributed by atoms with E-state index in [1.54, 1.807) is 19.1 Å². The molecule has 0 aliphatic rings. The average molecular weight is 334 g/mol. The molecule has 0 aliphatic carbocycles. The van der Waals surface area contributed by atoms with Gasteiger partial charge in [0.2, 0.25) is 0 Å². The van der Waals surface area contributed by atoms with E-state index < -0.39 is 10.0 Å². The number of hydrogen-bond acceptors (Lipinski definition) is 5. The number of hydrazone groups is 1. The Balaban J connectivity index is 2.29. The van der Waals surface area contributed by atoms with E-state index in [4.69, 9.17) is 0 Å². The van der Waals surface area contributed by atoms with Gasteiger partial charge in [0, 0.05) is 5.56 Å². The molecule has 0 heterocycles. The maximum Gasteiger partial charge on any atom is 0.276 e. The van der Waals surface area contributed by atoms with Crippen molar-refractivity contribution in [1.82, 2.24) is 4.83 Å². The van der Waals surface area contributed by atoms with Gasteiger partial charge in [-0.15, -0.1) is 0 Å². The molecule has 0 unspecified atom stereocenters. The maximum absolute atomic E-state index is 12.2. The Morgan fingerprint density at radius 2 is 1.65 bits per heavy atom. The highest BCUT2D eigenvalue weighted by Gasteiger charge is 2.14. The highest BCUT2D eigenvalue weighted by Crippen LogP contribution is 2.27. The van der Waals surface area contributed by atoms with E-state index in [0.717, 1.165) is 5.56 Å². The third kappa shape index (κ3) is 3.81. The first kappa shape index (κ1) is 16.8. The zero-order chi connectivity index (χ0) is 17.2. The summed E-state index contributed by atoms with van der Waals surface area (Å²) in [6.45, 7) is 5.03. The summed E-state index contributed by atoms with van der Waals surface area (Å²) in [5.74, 6) is -0.0928. The fourth-order valence-corrected chi connectivity index (χ4v) is 2.79. The highest BCUT2D eigenvalue weighted by atomic mass is 32.2. The smallest absolute Gasteiger partial charge is 0.276 e. The molecule has 2 rings (SSSR count). The zero-order valence-corrected chi connectivity index (χ0v) is 13.8. The van der Waals surface area contributed by atoms with Crippen molar-refractivity contribution in [1.29, 1.82) is 0 Å². The predicted molar refractivity (Wildman–Crippen MR) is 88.2 cm³/mol. The van der Waals surface area contributed by atoms with Crippen molar-refractivity contribution < 1.29 is 18.6 Å². The molecule has 0 bridgehead atoms. The summed E-state index contributed by atoms with van der Waals surface area (Å²) in [4.78, 5) is 2.21. The van der Waals surface area contributed by atoms with Crippen LogP contribution in [0.25, 0.3) is 0 Å². The Labute approximate surface area is 135 Å². The summed E-state index contributed by atoms with van der Waals surface area (Å²) in [6.07, 6.45) is 0. The Bertz CT molecular complexity index is 856. The number of rotatable bonds is 4. The summed E-state index contributed by atoms with van der Waals surface area (Å²) in [5.41, 5.74) is 1.94. The van der Waals surface area contributed by atoms with Gasteiger partial charge in [0.1, 0.15) is 11.5 Å². The molecular weight excluding hydrogens is 316 g/mol. The minimum absolute atomic E-state index is 0.00579. The Hall–Kier alpha value is -2.54. The lowest BCUT2D eigenvalue weighted by Gasteiger charge is -2.08. The van der Waals surface area contributed by atoms with Crippen LogP contribution < -0.4 is 4.83 Å². The molecule has 0 fully saturated rings. The van der Waals surface area contributed by atoms with Crippen molar-refractivity contribution in [3.05, 3.63) is 53.1 Å². The van der Waals surface area contributed by atoms with E-state index >= 15 is 0 Å². The summed E-state index contributed by atoms with van der Waals surface area (Å²) in [5, 5.41) is 23.4. The van der Waals surface area contributed by atoms with Gasteiger partial charge in [-0.05, 0) is 50.6 Å². The standard InChI is InChI=1S/C16H18N2O4S/c1-10-4-6-13(7-5-10)23(21,22)18-17-12(3)14-9-15(19)11(2)8-16(14)20/h4-9,18-20H,1-3H3. The molecule has 6 nitrogen and oxygen atoms in total. The van der Waals surface area contributed by atoms with Crippen LogP contribution in [-0.4, -0.2) is 24.3 Å². The van der Waals surface area contributed by atoms with Crippen molar-refractivity contribution in [2.75, 3.05) is 0 Å². The van der Waals surface area contributed by atoms with Crippen LogP contribution in [0.3, 0.4) is 0 Å². The molecule has 7 heteroatoms. The molecule has 0 radical (unpaired) electrons. The second-order valence-electron chi connectivity index (χ2n) is 5.26. The number of aromatic hydroxyl groups is 2. The summed E-state index contributed by atoms with van der Waals surface area (Å²) in [6, 6.07) is 9.07. The van der Waals surface area contributed by atoms with Gasteiger partial charge < -0.3 is 10.2 Å². The van der Waals surface area contributed by atoms with Gasteiger partial charge in [-0.25, -0.2) is 0 Å². The third-order valence-corrected chi connectivity index (χ3v) is 4.59.